The molecule has 86 valence electrons. The first kappa shape index (κ1) is 10.9. The highest BCUT2D eigenvalue weighted by molar-refractivity contribution is 5.14. The third-order valence-corrected chi connectivity index (χ3v) is 2.90. The van der Waals surface area contributed by atoms with Crippen LogP contribution in [0.3, 0.4) is 0 Å². The normalized spacial score (nSPS) is 19.9. The van der Waals surface area contributed by atoms with Crippen LogP contribution in [-0.2, 0) is 0 Å². The number of aryl methyl sites for hydroxylation is 1. The Labute approximate surface area is 92.1 Å². The number of nitrogens with one attached hydrogen (secondary N) is 1. The zero-order valence-electron chi connectivity index (χ0n) is 9.06. The molecule has 0 aliphatic heterocycles. The van der Waals surface area contributed by atoms with Crippen LogP contribution in [0.25, 0.3) is 0 Å². The molecule has 2 rings (SSSR count). The van der Waals surface area contributed by atoms with Gasteiger partial charge in [-0.05, 0) is 25.3 Å². The molecule has 0 saturated carbocycles. The molecule has 1 unspecified atom stereocenters. The molecule has 1 aromatic heterocycles. The summed E-state index contributed by atoms with van der Waals surface area (Å²) in [6, 6.07) is -0.0507. The van der Waals surface area contributed by atoms with Gasteiger partial charge < -0.3 is 5.11 Å². The van der Waals surface area contributed by atoms with Gasteiger partial charge in [-0.25, -0.2) is 4.79 Å². The SMILES string of the molecule is Cc1cn(C2C=C(CO)CC2)c(=O)[nH]c1=O. The molecule has 1 heterocycles. The van der Waals surface area contributed by atoms with Gasteiger partial charge in [-0.3, -0.25) is 14.3 Å². The van der Waals surface area contributed by atoms with Crippen molar-refractivity contribution >= 4 is 0 Å². The maximum absolute atomic E-state index is 11.6. The Morgan fingerprint density at radius 3 is 2.94 bits per heavy atom. The number of allylic oxidation sites excluding steroid dienone is 1. The van der Waals surface area contributed by atoms with E-state index in [-0.39, 0.29) is 18.2 Å². The number of aromatic amines is 1. The number of aromatic nitrogens is 2. The Morgan fingerprint density at radius 2 is 2.31 bits per heavy atom. The van der Waals surface area contributed by atoms with Crippen molar-refractivity contribution < 1.29 is 5.11 Å². The highest BCUT2D eigenvalue weighted by Crippen LogP contribution is 2.26. The predicted octanol–water partition coefficient (Wildman–Crippen LogP) is 0.0986. The summed E-state index contributed by atoms with van der Waals surface area (Å²) in [4.78, 5) is 25.1. The molecule has 0 aromatic carbocycles. The van der Waals surface area contributed by atoms with Gasteiger partial charge in [0.1, 0.15) is 0 Å². The summed E-state index contributed by atoms with van der Waals surface area (Å²) in [5.74, 6) is 0. The number of hydrogen-bond acceptors (Lipinski definition) is 3. The highest BCUT2D eigenvalue weighted by Gasteiger charge is 2.18. The number of nitrogens with zero attached hydrogens (tertiary/aromatic N) is 1. The largest absolute Gasteiger partial charge is 0.392 e. The molecule has 2 N–H and O–H groups in total. The zero-order valence-corrected chi connectivity index (χ0v) is 9.06. The molecule has 0 bridgehead atoms. The molecule has 1 aliphatic rings. The van der Waals surface area contributed by atoms with Gasteiger partial charge in [-0.15, -0.1) is 0 Å². The lowest BCUT2D eigenvalue weighted by molar-refractivity contribution is 0.328. The number of rotatable bonds is 2. The Morgan fingerprint density at radius 1 is 1.56 bits per heavy atom. The molecule has 16 heavy (non-hydrogen) atoms. The average molecular weight is 222 g/mol. The standard InChI is InChI=1S/C11H14N2O3/c1-7-5-13(11(16)12-10(7)15)9-3-2-8(4-9)6-14/h4-5,9,14H,2-3,6H2,1H3,(H,12,15,16). The minimum absolute atomic E-state index is 0.0353. The molecule has 1 aliphatic carbocycles. The molecule has 5 nitrogen and oxygen atoms in total. The second kappa shape index (κ2) is 4.09. The van der Waals surface area contributed by atoms with Crippen LogP contribution >= 0.6 is 0 Å². The van der Waals surface area contributed by atoms with Crippen LogP contribution in [0, 0.1) is 6.92 Å². The zero-order chi connectivity index (χ0) is 11.7. The lowest BCUT2D eigenvalue weighted by Crippen LogP contribution is -2.32. The Balaban J connectivity index is 2.43. The summed E-state index contributed by atoms with van der Waals surface area (Å²) in [6.07, 6.45) is 5.05. The average Bonchev–Trinajstić information content (AvgIpc) is 2.71. The van der Waals surface area contributed by atoms with E-state index < -0.39 is 5.69 Å². The van der Waals surface area contributed by atoms with E-state index in [0.717, 1.165) is 18.4 Å². The van der Waals surface area contributed by atoms with Crippen LogP contribution in [0.4, 0.5) is 0 Å². The predicted molar refractivity (Wildman–Crippen MR) is 59.5 cm³/mol. The Bertz CT molecular complexity index is 539. The molecule has 0 fully saturated rings. The van der Waals surface area contributed by atoms with Crippen molar-refractivity contribution in [2.45, 2.75) is 25.8 Å². The third-order valence-electron chi connectivity index (χ3n) is 2.90. The second-order valence-corrected chi connectivity index (χ2v) is 4.07. The molecule has 1 aromatic rings. The molecule has 0 spiro atoms. The van der Waals surface area contributed by atoms with E-state index in [9.17, 15) is 9.59 Å². The van der Waals surface area contributed by atoms with Gasteiger partial charge in [0, 0.05) is 11.8 Å². The summed E-state index contributed by atoms with van der Waals surface area (Å²) < 4.78 is 1.51. The maximum atomic E-state index is 11.6. The van der Waals surface area contributed by atoms with Crippen molar-refractivity contribution in [2.24, 2.45) is 0 Å². The van der Waals surface area contributed by atoms with Crippen LogP contribution in [0.1, 0.15) is 24.4 Å². The van der Waals surface area contributed by atoms with Crippen molar-refractivity contribution in [1.29, 1.82) is 0 Å². The summed E-state index contributed by atoms with van der Waals surface area (Å²) in [7, 11) is 0. The summed E-state index contributed by atoms with van der Waals surface area (Å²) in [6.45, 7) is 1.70. The first-order valence-electron chi connectivity index (χ1n) is 5.24. The molecule has 5 heteroatoms. The van der Waals surface area contributed by atoms with Gasteiger partial charge in [0.05, 0.1) is 12.6 Å². The first-order valence-corrected chi connectivity index (χ1v) is 5.24. The fourth-order valence-corrected chi connectivity index (χ4v) is 1.96. The lowest BCUT2D eigenvalue weighted by Gasteiger charge is -2.11. The van der Waals surface area contributed by atoms with Crippen molar-refractivity contribution in [2.75, 3.05) is 6.61 Å². The second-order valence-electron chi connectivity index (χ2n) is 4.07. The minimum atomic E-state index is -0.393. The monoisotopic (exact) mass is 222 g/mol. The summed E-state index contributed by atoms with van der Waals surface area (Å²) in [5, 5.41) is 8.99. The molecule has 1 atom stereocenters. The van der Waals surface area contributed by atoms with E-state index in [4.69, 9.17) is 5.11 Å². The van der Waals surface area contributed by atoms with Crippen molar-refractivity contribution in [3.63, 3.8) is 0 Å². The van der Waals surface area contributed by atoms with Gasteiger partial charge in [-0.2, -0.15) is 0 Å². The van der Waals surface area contributed by atoms with Gasteiger partial charge in [0.25, 0.3) is 5.56 Å². The summed E-state index contributed by atoms with van der Waals surface area (Å²) >= 11 is 0. The van der Waals surface area contributed by atoms with Crippen LogP contribution < -0.4 is 11.2 Å². The van der Waals surface area contributed by atoms with E-state index in [1.165, 1.54) is 4.57 Å². The van der Waals surface area contributed by atoms with Gasteiger partial charge >= 0.3 is 5.69 Å². The first-order chi connectivity index (χ1) is 7.61. The fraction of sp³-hybridized carbons (Fsp3) is 0.455. The number of hydrogen-bond donors (Lipinski definition) is 2. The number of H-pyrrole nitrogens is 1. The van der Waals surface area contributed by atoms with Crippen molar-refractivity contribution in [1.82, 2.24) is 9.55 Å². The smallest absolute Gasteiger partial charge is 0.328 e. The van der Waals surface area contributed by atoms with Crippen LogP contribution in [-0.4, -0.2) is 21.3 Å². The maximum Gasteiger partial charge on any atom is 0.328 e. The topological polar surface area (TPSA) is 75.1 Å². The van der Waals surface area contributed by atoms with Gasteiger partial charge in [0.2, 0.25) is 0 Å². The van der Waals surface area contributed by atoms with Crippen LogP contribution in [0.5, 0.6) is 0 Å². The Hall–Kier alpha value is -1.62. The molecular formula is C11H14N2O3. The lowest BCUT2D eigenvalue weighted by atomic mass is 10.2. The van der Waals surface area contributed by atoms with E-state index in [1.807, 2.05) is 6.08 Å². The van der Waals surface area contributed by atoms with Crippen LogP contribution in [0.15, 0.2) is 27.4 Å². The Kier molecular flexibility index (Phi) is 2.78. The number of aliphatic hydroxyl groups excluding tert-OH is 1. The van der Waals surface area contributed by atoms with Crippen LogP contribution in [0.2, 0.25) is 0 Å². The van der Waals surface area contributed by atoms with Gasteiger partial charge in [0.15, 0.2) is 0 Å². The summed E-state index contributed by atoms with van der Waals surface area (Å²) in [5.41, 5.74) is 0.729. The van der Waals surface area contributed by atoms with Crippen molar-refractivity contribution in [3.05, 3.63) is 44.2 Å². The molecule has 0 radical (unpaired) electrons. The molecular weight excluding hydrogens is 208 g/mol. The van der Waals surface area contributed by atoms with Crippen molar-refractivity contribution in [3.8, 4) is 0 Å². The van der Waals surface area contributed by atoms with E-state index in [0.29, 0.717) is 5.56 Å². The quantitative estimate of drug-likeness (QED) is 0.697. The fourth-order valence-electron chi connectivity index (χ4n) is 1.96. The van der Waals surface area contributed by atoms with E-state index in [1.54, 1.807) is 13.1 Å². The minimum Gasteiger partial charge on any atom is -0.392 e. The number of aliphatic hydroxyl groups is 1. The molecule has 0 saturated heterocycles. The van der Waals surface area contributed by atoms with E-state index in [2.05, 4.69) is 4.98 Å². The highest BCUT2D eigenvalue weighted by atomic mass is 16.3. The third kappa shape index (κ3) is 1.86. The van der Waals surface area contributed by atoms with Gasteiger partial charge in [-0.1, -0.05) is 6.08 Å². The van der Waals surface area contributed by atoms with E-state index >= 15 is 0 Å². The molecule has 0 amide bonds.